The normalized spacial score (nSPS) is 20.6. The molecule has 0 amide bonds. The minimum absolute atomic E-state index is 0.518. The Labute approximate surface area is 271 Å². The Morgan fingerprint density at radius 2 is 0.651 bits per heavy atom. The highest BCUT2D eigenvalue weighted by Gasteiger charge is 2.42. The predicted molar refractivity (Wildman–Crippen MR) is 191 cm³/mol. The van der Waals surface area contributed by atoms with Gasteiger partial charge < -0.3 is 14.7 Å². The molecule has 0 aromatic carbocycles. The minimum Gasteiger partial charge on any atom is -0.384 e. The lowest BCUT2D eigenvalue weighted by molar-refractivity contribution is -0.919. The van der Waals surface area contributed by atoms with E-state index in [-0.39, 0.29) is 0 Å². The van der Waals surface area contributed by atoms with Crippen molar-refractivity contribution in [3.8, 4) is 0 Å². The second-order valence-corrected chi connectivity index (χ2v) is 14.5. The maximum Gasteiger partial charge on any atom is 0.134 e. The van der Waals surface area contributed by atoms with Gasteiger partial charge in [-0.15, -0.1) is 0 Å². The molecule has 2 atom stereocenters. The molecular formula is C40H80NO2+. The highest BCUT2D eigenvalue weighted by Crippen LogP contribution is 2.24. The minimum atomic E-state index is -0.518. The molecule has 1 aliphatic heterocycles. The SMILES string of the molecule is CCCCCCCCC=CCCCCCCCC[N+]1(CCCCCCCCCCCCCCCCCC)CC(O)C(O)C1. The van der Waals surface area contributed by atoms with Gasteiger partial charge in [-0.3, -0.25) is 0 Å². The molecule has 43 heavy (non-hydrogen) atoms. The fourth-order valence-electron chi connectivity index (χ4n) is 7.28. The molecule has 1 saturated heterocycles. The molecule has 1 aliphatic rings. The lowest BCUT2D eigenvalue weighted by Gasteiger charge is -2.34. The number of quaternary nitrogens is 1. The fraction of sp³-hybridized carbons (Fsp3) is 0.950. The van der Waals surface area contributed by atoms with Crippen LogP contribution in [0.1, 0.15) is 206 Å². The number of likely N-dealkylation sites (tertiary alicyclic amines) is 1. The van der Waals surface area contributed by atoms with Crippen molar-refractivity contribution < 1.29 is 14.7 Å². The Balaban J connectivity index is 1.98. The van der Waals surface area contributed by atoms with Crippen molar-refractivity contribution in [3.05, 3.63) is 12.2 Å². The van der Waals surface area contributed by atoms with Gasteiger partial charge >= 0.3 is 0 Å². The van der Waals surface area contributed by atoms with Crippen molar-refractivity contribution >= 4 is 0 Å². The van der Waals surface area contributed by atoms with Crippen molar-refractivity contribution in [1.82, 2.24) is 0 Å². The zero-order valence-electron chi connectivity index (χ0n) is 29.7. The lowest BCUT2D eigenvalue weighted by Crippen LogP contribution is -2.48. The number of aliphatic hydroxyl groups is 2. The third-order valence-electron chi connectivity index (χ3n) is 10.2. The van der Waals surface area contributed by atoms with E-state index < -0.39 is 12.2 Å². The summed E-state index contributed by atoms with van der Waals surface area (Å²) in [7, 11) is 0. The van der Waals surface area contributed by atoms with Crippen LogP contribution in [0.3, 0.4) is 0 Å². The molecular weight excluding hydrogens is 526 g/mol. The molecule has 0 spiro atoms. The number of unbranched alkanes of at least 4 members (excludes halogenated alkanes) is 27. The van der Waals surface area contributed by atoms with Gasteiger partial charge in [0.15, 0.2) is 0 Å². The summed E-state index contributed by atoms with van der Waals surface area (Å²) in [5.41, 5.74) is 0. The zero-order chi connectivity index (χ0) is 31.1. The second-order valence-electron chi connectivity index (χ2n) is 14.5. The van der Waals surface area contributed by atoms with Gasteiger partial charge in [0.05, 0.1) is 13.1 Å². The van der Waals surface area contributed by atoms with E-state index in [0.717, 1.165) is 30.7 Å². The summed E-state index contributed by atoms with van der Waals surface area (Å²) in [4.78, 5) is 0. The molecule has 0 aliphatic carbocycles. The summed E-state index contributed by atoms with van der Waals surface area (Å²) < 4.78 is 0.963. The highest BCUT2D eigenvalue weighted by molar-refractivity contribution is 4.81. The van der Waals surface area contributed by atoms with E-state index in [2.05, 4.69) is 26.0 Å². The van der Waals surface area contributed by atoms with Crippen molar-refractivity contribution in [2.24, 2.45) is 0 Å². The maximum atomic E-state index is 10.3. The van der Waals surface area contributed by atoms with Gasteiger partial charge in [0, 0.05) is 0 Å². The van der Waals surface area contributed by atoms with Crippen LogP contribution in [0.2, 0.25) is 0 Å². The van der Waals surface area contributed by atoms with Crippen LogP contribution >= 0.6 is 0 Å². The Bertz CT molecular complexity index is 581. The zero-order valence-corrected chi connectivity index (χ0v) is 29.7. The third kappa shape index (κ3) is 24.5. The fourth-order valence-corrected chi connectivity index (χ4v) is 7.28. The predicted octanol–water partition coefficient (Wildman–Crippen LogP) is 11.8. The number of hydrogen-bond acceptors (Lipinski definition) is 2. The van der Waals surface area contributed by atoms with Gasteiger partial charge in [0.2, 0.25) is 0 Å². The first-order chi connectivity index (χ1) is 21.1. The summed E-state index contributed by atoms with van der Waals surface area (Å²) in [6.07, 6.45) is 45.1. The molecule has 3 nitrogen and oxygen atoms in total. The Kier molecular flexibility index (Phi) is 28.6. The summed E-state index contributed by atoms with van der Waals surface area (Å²) in [6, 6.07) is 0. The number of nitrogens with zero attached hydrogens (tertiary/aromatic N) is 1. The van der Waals surface area contributed by atoms with E-state index >= 15 is 0 Å². The van der Waals surface area contributed by atoms with Crippen LogP contribution in [0.5, 0.6) is 0 Å². The Morgan fingerprint density at radius 3 is 0.953 bits per heavy atom. The topological polar surface area (TPSA) is 40.5 Å². The summed E-state index contributed by atoms with van der Waals surface area (Å²) in [5.74, 6) is 0. The summed E-state index contributed by atoms with van der Waals surface area (Å²) >= 11 is 0. The molecule has 0 saturated carbocycles. The van der Waals surface area contributed by atoms with Crippen molar-refractivity contribution in [2.45, 2.75) is 219 Å². The standard InChI is InChI=1S/C40H80NO2/c1-3-5-7-9-11-13-15-17-19-21-23-25-27-29-31-33-35-41(37-39(42)40(43)38-41)36-34-32-30-28-26-24-22-20-18-16-14-12-10-8-6-4-2/h17,19,39-40,42-43H,3-16,18,20-38H2,1-2H3/q+1. The number of aliphatic hydroxyl groups excluding tert-OH is 2. The van der Waals surface area contributed by atoms with Crippen LogP contribution in [-0.2, 0) is 0 Å². The number of hydrogen-bond donors (Lipinski definition) is 2. The highest BCUT2D eigenvalue weighted by atomic mass is 16.3. The van der Waals surface area contributed by atoms with E-state index in [1.54, 1.807) is 0 Å². The first-order valence-electron chi connectivity index (χ1n) is 20.0. The van der Waals surface area contributed by atoms with Gasteiger partial charge in [-0.1, -0.05) is 167 Å². The van der Waals surface area contributed by atoms with Gasteiger partial charge in [-0.05, 0) is 51.4 Å². The molecule has 256 valence electrons. The van der Waals surface area contributed by atoms with Crippen LogP contribution in [0.15, 0.2) is 12.2 Å². The van der Waals surface area contributed by atoms with Crippen LogP contribution in [-0.4, -0.2) is 53.1 Å². The molecule has 3 heteroatoms. The summed E-state index contributed by atoms with van der Waals surface area (Å²) in [6.45, 7) is 8.42. The molecule has 0 bridgehead atoms. The molecule has 1 heterocycles. The van der Waals surface area contributed by atoms with Crippen molar-refractivity contribution in [3.63, 3.8) is 0 Å². The maximum absolute atomic E-state index is 10.3. The van der Waals surface area contributed by atoms with E-state index in [1.807, 2.05) is 0 Å². The lowest BCUT2D eigenvalue weighted by atomic mass is 10.0. The van der Waals surface area contributed by atoms with Gasteiger partial charge in [0.1, 0.15) is 25.3 Å². The average Bonchev–Trinajstić information content (AvgIpc) is 3.29. The van der Waals surface area contributed by atoms with Crippen LogP contribution < -0.4 is 0 Å². The molecule has 1 rings (SSSR count). The van der Waals surface area contributed by atoms with E-state index in [0.29, 0.717) is 0 Å². The number of rotatable bonds is 33. The van der Waals surface area contributed by atoms with Crippen LogP contribution in [0, 0.1) is 0 Å². The smallest absolute Gasteiger partial charge is 0.134 e. The van der Waals surface area contributed by atoms with E-state index in [9.17, 15) is 10.2 Å². The monoisotopic (exact) mass is 607 g/mol. The van der Waals surface area contributed by atoms with Crippen LogP contribution in [0.4, 0.5) is 0 Å². The van der Waals surface area contributed by atoms with Crippen LogP contribution in [0.25, 0.3) is 0 Å². The third-order valence-corrected chi connectivity index (χ3v) is 10.2. The molecule has 0 radical (unpaired) electrons. The first-order valence-corrected chi connectivity index (χ1v) is 20.0. The molecule has 1 fully saturated rings. The summed E-state index contributed by atoms with van der Waals surface area (Å²) in [5, 5.41) is 20.7. The average molecular weight is 607 g/mol. The van der Waals surface area contributed by atoms with Crippen molar-refractivity contribution in [2.75, 3.05) is 26.2 Å². The molecule has 2 unspecified atom stereocenters. The number of allylic oxidation sites excluding steroid dienone is 2. The quantitative estimate of drug-likeness (QED) is 0.0443. The van der Waals surface area contributed by atoms with Gasteiger partial charge in [0.25, 0.3) is 0 Å². The Hall–Kier alpha value is -0.380. The van der Waals surface area contributed by atoms with Gasteiger partial charge in [-0.25, -0.2) is 0 Å². The van der Waals surface area contributed by atoms with Gasteiger partial charge in [-0.2, -0.15) is 0 Å². The largest absolute Gasteiger partial charge is 0.384 e. The molecule has 0 aromatic rings. The van der Waals surface area contributed by atoms with Crippen molar-refractivity contribution in [1.29, 1.82) is 0 Å². The van der Waals surface area contributed by atoms with E-state index in [4.69, 9.17) is 0 Å². The second kappa shape index (κ2) is 30.3. The molecule has 2 N–H and O–H groups in total. The molecule has 0 aromatic heterocycles. The first kappa shape index (κ1) is 40.6. The van der Waals surface area contributed by atoms with E-state index in [1.165, 1.54) is 193 Å². The Morgan fingerprint density at radius 1 is 0.395 bits per heavy atom.